The third kappa shape index (κ3) is 4.14. The van der Waals surface area contributed by atoms with Gasteiger partial charge in [-0.25, -0.2) is 0 Å². The molecule has 1 aromatic carbocycles. The number of benzene rings is 1. The zero-order chi connectivity index (χ0) is 15.4. The van der Waals surface area contributed by atoms with Gasteiger partial charge in [-0.2, -0.15) is 0 Å². The van der Waals surface area contributed by atoms with Gasteiger partial charge in [0.15, 0.2) is 5.76 Å². The molecule has 0 bridgehead atoms. The summed E-state index contributed by atoms with van der Waals surface area (Å²) in [6.07, 6.45) is 0. The summed E-state index contributed by atoms with van der Waals surface area (Å²) in [5.41, 5.74) is 0. The van der Waals surface area contributed by atoms with E-state index in [2.05, 4.69) is 5.32 Å². The van der Waals surface area contributed by atoms with Crippen LogP contribution in [0.2, 0.25) is 10.0 Å². The average molecular weight is 330 g/mol. The van der Waals surface area contributed by atoms with Crippen molar-refractivity contribution in [3.8, 4) is 11.7 Å². The van der Waals surface area contributed by atoms with Gasteiger partial charge in [0.25, 0.3) is 11.9 Å². The molecule has 1 amide bonds. The Labute approximate surface area is 129 Å². The van der Waals surface area contributed by atoms with E-state index in [4.69, 9.17) is 37.5 Å². The van der Waals surface area contributed by atoms with Gasteiger partial charge in [-0.1, -0.05) is 23.2 Å². The van der Waals surface area contributed by atoms with Gasteiger partial charge in [0.1, 0.15) is 12.3 Å². The molecule has 0 aliphatic carbocycles. The lowest BCUT2D eigenvalue weighted by atomic mass is 10.3. The van der Waals surface area contributed by atoms with E-state index >= 15 is 0 Å². The SMILES string of the molecule is O=C(O)CNC(=O)c1ccc(Oc2ccc(Cl)c(Cl)c2)o1. The molecule has 6 nitrogen and oxygen atoms in total. The summed E-state index contributed by atoms with van der Waals surface area (Å²) < 4.78 is 10.5. The number of ether oxygens (including phenoxy) is 1. The Bertz CT molecular complexity index is 683. The summed E-state index contributed by atoms with van der Waals surface area (Å²) in [5.74, 6) is -1.42. The van der Waals surface area contributed by atoms with Crippen LogP contribution in [-0.4, -0.2) is 23.5 Å². The Balaban J connectivity index is 2.04. The van der Waals surface area contributed by atoms with E-state index in [-0.39, 0.29) is 11.7 Å². The number of carbonyl (C=O) groups excluding carboxylic acids is 1. The van der Waals surface area contributed by atoms with Crippen LogP contribution >= 0.6 is 23.2 Å². The average Bonchev–Trinajstić information content (AvgIpc) is 2.89. The molecule has 0 spiro atoms. The van der Waals surface area contributed by atoms with Gasteiger partial charge >= 0.3 is 5.97 Å². The number of halogens is 2. The Morgan fingerprint density at radius 3 is 2.62 bits per heavy atom. The van der Waals surface area contributed by atoms with Crippen LogP contribution in [0.1, 0.15) is 10.6 Å². The van der Waals surface area contributed by atoms with Crippen molar-refractivity contribution in [1.82, 2.24) is 5.32 Å². The monoisotopic (exact) mass is 329 g/mol. The Kier molecular flexibility index (Phi) is 4.72. The van der Waals surface area contributed by atoms with Gasteiger partial charge < -0.3 is 19.6 Å². The third-order valence-electron chi connectivity index (χ3n) is 2.31. The second-order valence-corrected chi connectivity index (χ2v) is 4.69. The molecule has 2 rings (SSSR count). The quantitative estimate of drug-likeness (QED) is 0.879. The van der Waals surface area contributed by atoms with Gasteiger partial charge in [0.05, 0.1) is 10.0 Å². The van der Waals surface area contributed by atoms with E-state index in [1.807, 2.05) is 0 Å². The normalized spacial score (nSPS) is 10.2. The molecule has 8 heteroatoms. The van der Waals surface area contributed by atoms with Crippen molar-refractivity contribution in [3.05, 3.63) is 46.1 Å². The van der Waals surface area contributed by atoms with E-state index in [1.54, 1.807) is 12.1 Å². The van der Waals surface area contributed by atoms with E-state index in [0.29, 0.717) is 15.8 Å². The molecule has 0 fully saturated rings. The smallest absolute Gasteiger partial charge is 0.322 e. The number of hydrogen-bond acceptors (Lipinski definition) is 4. The van der Waals surface area contributed by atoms with E-state index in [1.165, 1.54) is 18.2 Å². The van der Waals surface area contributed by atoms with Gasteiger partial charge in [-0.3, -0.25) is 9.59 Å². The van der Waals surface area contributed by atoms with E-state index < -0.39 is 18.4 Å². The van der Waals surface area contributed by atoms with Crippen LogP contribution in [0.25, 0.3) is 0 Å². The summed E-state index contributed by atoms with van der Waals surface area (Å²) in [7, 11) is 0. The molecule has 0 aliphatic heterocycles. The van der Waals surface area contributed by atoms with Gasteiger partial charge in [0.2, 0.25) is 0 Å². The number of rotatable bonds is 5. The number of furan rings is 1. The molecule has 2 aromatic rings. The first kappa shape index (κ1) is 15.2. The molecule has 0 unspecified atom stereocenters. The highest BCUT2D eigenvalue weighted by Gasteiger charge is 2.13. The fourth-order valence-electron chi connectivity index (χ4n) is 1.40. The van der Waals surface area contributed by atoms with E-state index in [9.17, 15) is 9.59 Å². The van der Waals surface area contributed by atoms with Crippen LogP contribution < -0.4 is 10.1 Å². The Morgan fingerprint density at radius 2 is 1.95 bits per heavy atom. The van der Waals surface area contributed by atoms with Crippen LogP contribution in [-0.2, 0) is 4.79 Å². The number of amides is 1. The van der Waals surface area contributed by atoms with Gasteiger partial charge in [0, 0.05) is 12.1 Å². The van der Waals surface area contributed by atoms with Crippen molar-refractivity contribution in [2.75, 3.05) is 6.54 Å². The van der Waals surface area contributed by atoms with Crippen molar-refractivity contribution in [3.63, 3.8) is 0 Å². The fraction of sp³-hybridized carbons (Fsp3) is 0.0769. The summed E-state index contributed by atoms with van der Waals surface area (Å²) in [6.45, 7) is -0.498. The lowest BCUT2D eigenvalue weighted by Gasteiger charge is -2.03. The molecule has 1 heterocycles. The molecular weight excluding hydrogens is 321 g/mol. The molecule has 0 aliphatic rings. The third-order valence-corrected chi connectivity index (χ3v) is 3.05. The predicted octanol–water partition coefficient (Wildman–Crippen LogP) is 3.19. The van der Waals surface area contributed by atoms with Gasteiger partial charge in [-0.05, 0) is 18.2 Å². The predicted molar refractivity (Wildman–Crippen MR) is 75.2 cm³/mol. The number of carboxylic acid groups (broad SMARTS) is 1. The number of nitrogens with one attached hydrogen (secondary N) is 1. The number of aliphatic carboxylic acids is 1. The number of hydrogen-bond donors (Lipinski definition) is 2. The first-order valence-corrected chi connectivity index (χ1v) is 6.44. The lowest BCUT2D eigenvalue weighted by molar-refractivity contribution is -0.135. The van der Waals surface area contributed by atoms with E-state index in [0.717, 1.165) is 0 Å². The minimum Gasteiger partial charge on any atom is -0.480 e. The Morgan fingerprint density at radius 1 is 1.19 bits per heavy atom. The van der Waals surface area contributed by atoms with Crippen molar-refractivity contribution in [2.24, 2.45) is 0 Å². The lowest BCUT2D eigenvalue weighted by Crippen LogP contribution is -2.28. The standard InChI is InChI=1S/C13H9Cl2NO5/c14-8-2-1-7(5-9(8)15)20-12-4-3-10(21-12)13(19)16-6-11(17)18/h1-5H,6H2,(H,16,19)(H,17,18). The minimum absolute atomic E-state index is 0.0636. The summed E-state index contributed by atoms with van der Waals surface area (Å²) in [5, 5.41) is 11.3. The maximum Gasteiger partial charge on any atom is 0.322 e. The van der Waals surface area contributed by atoms with Crippen molar-refractivity contribution >= 4 is 35.1 Å². The summed E-state index contributed by atoms with van der Waals surface area (Å²) in [4.78, 5) is 21.9. The second-order valence-electron chi connectivity index (χ2n) is 3.87. The number of carboxylic acids is 1. The number of carbonyl (C=O) groups is 2. The largest absolute Gasteiger partial charge is 0.480 e. The second kappa shape index (κ2) is 6.51. The van der Waals surface area contributed by atoms with Crippen LogP contribution in [0.4, 0.5) is 0 Å². The molecule has 21 heavy (non-hydrogen) atoms. The van der Waals surface area contributed by atoms with Crippen LogP contribution in [0.3, 0.4) is 0 Å². The zero-order valence-electron chi connectivity index (χ0n) is 10.4. The molecule has 2 N–H and O–H groups in total. The topological polar surface area (TPSA) is 88.8 Å². The highest BCUT2D eigenvalue weighted by atomic mass is 35.5. The molecule has 0 radical (unpaired) electrons. The van der Waals surface area contributed by atoms with Crippen molar-refractivity contribution in [1.29, 1.82) is 0 Å². The molecule has 0 saturated carbocycles. The fourth-order valence-corrected chi connectivity index (χ4v) is 1.68. The maximum absolute atomic E-state index is 11.6. The highest BCUT2D eigenvalue weighted by molar-refractivity contribution is 6.42. The summed E-state index contributed by atoms with van der Waals surface area (Å²) >= 11 is 11.6. The summed E-state index contributed by atoms with van der Waals surface area (Å²) in [6, 6.07) is 7.43. The van der Waals surface area contributed by atoms with Crippen molar-refractivity contribution < 1.29 is 23.8 Å². The maximum atomic E-state index is 11.6. The first-order valence-electron chi connectivity index (χ1n) is 5.68. The molecular formula is C13H9Cl2NO5. The zero-order valence-corrected chi connectivity index (χ0v) is 11.9. The van der Waals surface area contributed by atoms with Crippen molar-refractivity contribution in [2.45, 2.75) is 0 Å². The van der Waals surface area contributed by atoms with Crippen LogP contribution in [0.15, 0.2) is 34.7 Å². The molecule has 1 aromatic heterocycles. The molecule has 0 saturated heterocycles. The minimum atomic E-state index is -1.15. The molecule has 0 atom stereocenters. The van der Waals surface area contributed by atoms with Crippen LogP contribution in [0, 0.1) is 0 Å². The highest BCUT2D eigenvalue weighted by Crippen LogP contribution is 2.30. The first-order chi connectivity index (χ1) is 9.95. The molecule has 110 valence electrons. The van der Waals surface area contributed by atoms with Gasteiger partial charge in [-0.15, -0.1) is 0 Å². The van der Waals surface area contributed by atoms with Crippen LogP contribution in [0.5, 0.6) is 11.7 Å². The Hall–Kier alpha value is -2.18.